The third kappa shape index (κ3) is 3.58. The summed E-state index contributed by atoms with van der Waals surface area (Å²) in [6.45, 7) is 0. The number of nitrogens with zero attached hydrogens (tertiary/aromatic N) is 1. The Morgan fingerprint density at radius 1 is 0.913 bits per heavy atom. The van der Waals surface area contributed by atoms with Gasteiger partial charge in [0.05, 0.1) is 22.3 Å². The van der Waals surface area contributed by atoms with Gasteiger partial charge >= 0.3 is 0 Å². The lowest BCUT2D eigenvalue weighted by molar-refractivity contribution is 0.0942. The van der Waals surface area contributed by atoms with E-state index in [0.717, 1.165) is 11.3 Å². The summed E-state index contributed by atoms with van der Waals surface area (Å²) in [4.78, 5) is 17.0. The van der Waals surface area contributed by atoms with Crippen molar-refractivity contribution >= 4 is 17.5 Å². The third-order valence-electron chi connectivity index (χ3n) is 3.51. The van der Waals surface area contributed by atoms with E-state index in [-0.39, 0.29) is 11.9 Å². The molecule has 0 saturated carbocycles. The Morgan fingerprint density at radius 2 is 1.61 bits per heavy atom. The Balaban J connectivity index is 1.94. The van der Waals surface area contributed by atoms with Crippen LogP contribution in [0.5, 0.6) is 0 Å². The fourth-order valence-electron chi connectivity index (χ4n) is 2.37. The molecular formula is C19H15ClN2O. The molecule has 0 fully saturated rings. The summed E-state index contributed by atoms with van der Waals surface area (Å²) >= 11 is 6.12. The van der Waals surface area contributed by atoms with E-state index in [1.54, 1.807) is 30.5 Å². The van der Waals surface area contributed by atoms with Crippen LogP contribution in [0.3, 0.4) is 0 Å². The molecule has 3 nitrogen and oxygen atoms in total. The van der Waals surface area contributed by atoms with Crippen LogP contribution in [0.4, 0.5) is 0 Å². The van der Waals surface area contributed by atoms with Crippen LogP contribution in [-0.2, 0) is 0 Å². The topological polar surface area (TPSA) is 42.0 Å². The zero-order valence-corrected chi connectivity index (χ0v) is 13.1. The molecule has 1 amide bonds. The first-order chi connectivity index (χ1) is 11.3. The van der Waals surface area contributed by atoms with Crippen molar-refractivity contribution in [3.63, 3.8) is 0 Å². The fourth-order valence-corrected chi connectivity index (χ4v) is 2.60. The highest BCUT2D eigenvalue weighted by molar-refractivity contribution is 6.33. The van der Waals surface area contributed by atoms with E-state index in [0.29, 0.717) is 10.6 Å². The van der Waals surface area contributed by atoms with Gasteiger partial charge in [-0.15, -0.1) is 0 Å². The molecule has 0 aliphatic heterocycles. The Labute approximate surface area is 140 Å². The zero-order valence-electron chi connectivity index (χ0n) is 12.3. The largest absolute Gasteiger partial charge is 0.339 e. The van der Waals surface area contributed by atoms with Gasteiger partial charge in [-0.05, 0) is 29.8 Å². The molecule has 114 valence electrons. The van der Waals surface area contributed by atoms with E-state index in [4.69, 9.17) is 11.6 Å². The van der Waals surface area contributed by atoms with Gasteiger partial charge in [0, 0.05) is 6.20 Å². The molecule has 1 atom stereocenters. The summed E-state index contributed by atoms with van der Waals surface area (Å²) < 4.78 is 0. The molecule has 3 rings (SSSR count). The third-order valence-corrected chi connectivity index (χ3v) is 3.84. The molecule has 4 heteroatoms. The molecule has 1 unspecified atom stereocenters. The van der Waals surface area contributed by atoms with Crippen LogP contribution in [0, 0.1) is 0 Å². The summed E-state index contributed by atoms with van der Waals surface area (Å²) in [6.07, 6.45) is 1.72. The van der Waals surface area contributed by atoms with Crippen molar-refractivity contribution in [2.24, 2.45) is 0 Å². The van der Waals surface area contributed by atoms with Crippen LogP contribution in [0.15, 0.2) is 79.0 Å². The highest BCUT2D eigenvalue weighted by atomic mass is 35.5. The molecule has 0 aliphatic carbocycles. The van der Waals surface area contributed by atoms with Crippen molar-refractivity contribution in [3.8, 4) is 0 Å². The first-order valence-electron chi connectivity index (χ1n) is 7.27. The van der Waals surface area contributed by atoms with E-state index >= 15 is 0 Å². The normalized spacial score (nSPS) is 11.7. The minimum atomic E-state index is -0.332. The number of amides is 1. The highest BCUT2D eigenvalue weighted by Gasteiger charge is 2.19. The summed E-state index contributed by atoms with van der Waals surface area (Å²) in [5, 5.41) is 3.45. The van der Waals surface area contributed by atoms with E-state index in [9.17, 15) is 4.79 Å². The second-order valence-corrected chi connectivity index (χ2v) is 5.46. The number of carbonyl (C=O) groups excluding carboxylic acids is 1. The maximum Gasteiger partial charge on any atom is 0.253 e. The van der Waals surface area contributed by atoms with Gasteiger partial charge in [0.15, 0.2) is 0 Å². The lowest BCUT2D eigenvalue weighted by atomic mass is 10.0. The summed E-state index contributed by atoms with van der Waals surface area (Å²) in [7, 11) is 0. The first kappa shape index (κ1) is 15.3. The maximum absolute atomic E-state index is 12.6. The van der Waals surface area contributed by atoms with Crippen molar-refractivity contribution in [1.82, 2.24) is 10.3 Å². The van der Waals surface area contributed by atoms with Gasteiger partial charge < -0.3 is 5.32 Å². The van der Waals surface area contributed by atoms with Crippen molar-refractivity contribution < 1.29 is 4.79 Å². The fraction of sp³-hybridized carbons (Fsp3) is 0.0526. The molecule has 3 aromatic rings. The van der Waals surface area contributed by atoms with Gasteiger partial charge in [-0.3, -0.25) is 9.78 Å². The number of aromatic nitrogens is 1. The number of benzene rings is 2. The number of hydrogen-bond acceptors (Lipinski definition) is 2. The second kappa shape index (κ2) is 7.07. The summed E-state index contributed by atoms with van der Waals surface area (Å²) in [5.74, 6) is -0.227. The SMILES string of the molecule is O=C(NC(c1ccccc1)c1ccccn1)c1ccccc1Cl. The number of carbonyl (C=O) groups is 1. The zero-order chi connectivity index (χ0) is 16.1. The van der Waals surface area contributed by atoms with E-state index in [1.165, 1.54) is 0 Å². The number of pyridine rings is 1. The number of hydrogen-bond donors (Lipinski definition) is 1. The van der Waals surface area contributed by atoms with Crippen molar-refractivity contribution in [1.29, 1.82) is 0 Å². The standard InChI is InChI=1S/C19H15ClN2O/c20-16-11-5-4-10-15(16)19(23)22-18(14-8-2-1-3-9-14)17-12-6-7-13-21-17/h1-13,18H,(H,22,23). The number of nitrogens with one attached hydrogen (secondary N) is 1. The summed E-state index contributed by atoms with van der Waals surface area (Å²) in [5.41, 5.74) is 2.19. The lowest BCUT2D eigenvalue weighted by Crippen LogP contribution is -2.30. The Bertz CT molecular complexity index is 751. The summed E-state index contributed by atoms with van der Waals surface area (Å²) in [6, 6.07) is 22.1. The van der Waals surface area contributed by atoms with Crippen molar-refractivity contribution in [2.75, 3.05) is 0 Å². The van der Waals surface area contributed by atoms with Crippen LogP contribution in [0.25, 0.3) is 0 Å². The molecule has 0 bridgehead atoms. The monoisotopic (exact) mass is 322 g/mol. The van der Waals surface area contributed by atoms with Gasteiger partial charge in [0.2, 0.25) is 0 Å². The minimum Gasteiger partial charge on any atom is -0.339 e. The van der Waals surface area contributed by atoms with E-state index in [1.807, 2.05) is 48.5 Å². The van der Waals surface area contributed by atoms with Crippen LogP contribution in [0.1, 0.15) is 27.7 Å². The molecule has 0 aliphatic rings. The number of halogens is 1. The van der Waals surface area contributed by atoms with Crippen molar-refractivity contribution in [2.45, 2.75) is 6.04 Å². The van der Waals surface area contributed by atoms with Crippen LogP contribution >= 0.6 is 11.6 Å². The molecule has 0 spiro atoms. The van der Waals surface area contributed by atoms with Gasteiger partial charge in [-0.25, -0.2) is 0 Å². The molecule has 1 heterocycles. The van der Waals surface area contributed by atoms with Gasteiger partial charge in [-0.2, -0.15) is 0 Å². The predicted octanol–water partition coefficient (Wildman–Crippen LogP) is 4.25. The van der Waals surface area contributed by atoms with Gasteiger partial charge in [0.25, 0.3) is 5.91 Å². The Hall–Kier alpha value is -2.65. The average molecular weight is 323 g/mol. The van der Waals surface area contributed by atoms with Crippen molar-refractivity contribution in [3.05, 3.63) is 101 Å². The molecule has 1 aromatic heterocycles. The Morgan fingerprint density at radius 3 is 2.30 bits per heavy atom. The molecule has 23 heavy (non-hydrogen) atoms. The van der Waals surface area contributed by atoms with Gasteiger partial charge in [0.1, 0.15) is 0 Å². The molecule has 0 saturated heterocycles. The number of rotatable bonds is 4. The van der Waals surface area contributed by atoms with E-state index < -0.39 is 0 Å². The maximum atomic E-state index is 12.6. The lowest BCUT2D eigenvalue weighted by Gasteiger charge is -2.19. The predicted molar refractivity (Wildman–Crippen MR) is 91.4 cm³/mol. The smallest absolute Gasteiger partial charge is 0.253 e. The average Bonchev–Trinajstić information content (AvgIpc) is 2.61. The molecule has 0 radical (unpaired) electrons. The molecular weight excluding hydrogens is 308 g/mol. The molecule has 2 aromatic carbocycles. The van der Waals surface area contributed by atoms with Crippen LogP contribution < -0.4 is 5.32 Å². The van der Waals surface area contributed by atoms with Crippen LogP contribution in [-0.4, -0.2) is 10.9 Å². The first-order valence-corrected chi connectivity index (χ1v) is 7.65. The van der Waals surface area contributed by atoms with Crippen LogP contribution in [0.2, 0.25) is 5.02 Å². The second-order valence-electron chi connectivity index (χ2n) is 5.05. The van der Waals surface area contributed by atoms with Gasteiger partial charge in [-0.1, -0.05) is 60.1 Å². The Kier molecular flexibility index (Phi) is 4.69. The van der Waals surface area contributed by atoms with E-state index in [2.05, 4.69) is 10.3 Å². The minimum absolute atomic E-state index is 0.227. The molecule has 1 N–H and O–H groups in total. The highest BCUT2D eigenvalue weighted by Crippen LogP contribution is 2.22. The quantitative estimate of drug-likeness (QED) is 0.780.